The number of hydrogen-bond acceptors (Lipinski definition) is 6. The lowest BCUT2D eigenvalue weighted by Crippen LogP contribution is -2.38. The van der Waals surface area contributed by atoms with Crippen molar-refractivity contribution in [2.24, 2.45) is 5.92 Å². The summed E-state index contributed by atoms with van der Waals surface area (Å²) in [5.41, 5.74) is 2.57. The van der Waals surface area contributed by atoms with Crippen LogP contribution in [0.4, 0.5) is 0 Å². The molecule has 9 heteroatoms. The summed E-state index contributed by atoms with van der Waals surface area (Å²) < 4.78 is 35.6. The highest BCUT2D eigenvalue weighted by Crippen LogP contribution is 2.36. The van der Waals surface area contributed by atoms with Gasteiger partial charge in [0, 0.05) is 18.2 Å². The minimum Gasteiger partial charge on any atom is -0.497 e. The maximum absolute atomic E-state index is 12.9. The fourth-order valence-electron chi connectivity index (χ4n) is 4.00. The van der Waals surface area contributed by atoms with Gasteiger partial charge >= 0.3 is 0 Å². The fraction of sp³-hybridized carbons (Fsp3) is 0.364. The smallest absolute Gasteiger partial charge is 0.240 e. The molecular formula is C22H26N4O4S. The van der Waals surface area contributed by atoms with Crippen molar-refractivity contribution < 1.29 is 18.3 Å². The summed E-state index contributed by atoms with van der Waals surface area (Å²) in [6.45, 7) is 1.91. The highest BCUT2D eigenvalue weighted by molar-refractivity contribution is 7.89. The number of hydrogen-bond donors (Lipinski definition) is 2. The van der Waals surface area contributed by atoms with Gasteiger partial charge in [0.05, 0.1) is 24.2 Å². The molecule has 4 rings (SSSR count). The Kier molecular flexibility index (Phi) is 6.08. The third-order valence-electron chi connectivity index (χ3n) is 5.76. The standard InChI is InChI=1S/C22H26N4O4S/c1-15-3-9-19(10-4-15)31(28,29)24-20-11-16(14-27)12-22(20)26-13-21(23-25-26)17-5-7-18(30-2)8-6-17/h3-10,13,16,20,22,24,27H,11-12,14H2,1-2H3/t16-,20+,22+/m0/s1. The van der Waals surface area contributed by atoms with Gasteiger partial charge in [-0.15, -0.1) is 5.10 Å². The Labute approximate surface area is 181 Å². The van der Waals surface area contributed by atoms with Crippen molar-refractivity contribution in [3.05, 3.63) is 60.3 Å². The Morgan fingerprint density at radius 2 is 1.84 bits per heavy atom. The SMILES string of the molecule is COc1ccc(-c2cn([C@@H]3C[C@@H](CO)C[C@H]3NS(=O)(=O)c3ccc(C)cc3)nn2)cc1. The van der Waals surface area contributed by atoms with Gasteiger partial charge in [-0.1, -0.05) is 22.9 Å². The van der Waals surface area contributed by atoms with Gasteiger partial charge in [0.1, 0.15) is 11.4 Å². The number of aromatic nitrogens is 3. The van der Waals surface area contributed by atoms with Crippen molar-refractivity contribution in [3.63, 3.8) is 0 Å². The molecule has 0 amide bonds. The van der Waals surface area contributed by atoms with E-state index in [-0.39, 0.29) is 23.5 Å². The molecule has 1 aromatic heterocycles. The number of methoxy groups -OCH3 is 1. The molecule has 0 unspecified atom stereocenters. The van der Waals surface area contributed by atoms with Crippen LogP contribution in [0.3, 0.4) is 0 Å². The molecule has 0 saturated heterocycles. The summed E-state index contributed by atoms with van der Waals surface area (Å²) >= 11 is 0. The van der Waals surface area contributed by atoms with Gasteiger partial charge in [-0.25, -0.2) is 17.8 Å². The summed E-state index contributed by atoms with van der Waals surface area (Å²) in [7, 11) is -2.08. The quantitative estimate of drug-likeness (QED) is 0.582. The zero-order chi connectivity index (χ0) is 22.0. The van der Waals surface area contributed by atoms with Gasteiger partial charge in [-0.2, -0.15) is 0 Å². The Morgan fingerprint density at radius 3 is 2.48 bits per heavy atom. The van der Waals surface area contributed by atoms with Crippen LogP contribution in [0.1, 0.15) is 24.4 Å². The van der Waals surface area contributed by atoms with Crippen molar-refractivity contribution in [2.75, 3.05) is 13.7 Å². The lowest BCUT2D eigenvalue weighted by Gasteiger charge is -2.20. The molecule has 3 aromatic rings. The lowest BCUT2D eigenvalue weighted by molar-refractivity contribution is 0.225. The molecule has 1 fully saturated rings. The fourth-order valence-corrected chi connectivity index (χ4v) is 5.29. The van der Waals surface area contributed by atoms with Crippen LogP contribution in [-0.4, -0.2) is 48.3 Å². The molecule has 2 N–H and O–H groups in total. The molecule has 8 nitrogen and oxygen atoms in total. The molecule has 0 spiro atoms. The average molecular weight is 443 g/mol. The minimum atomic E-state index is -3.69. The molecule has 0 radical (unpaired) electrons. The van der Waals surface area contributed by atoms with E-state index < -0.39 is 16.1 Å². The van der Waals surface area contributed by atoms with Crippen LogP contribution < -0.4 is 9.46 Å². The van der Waals surface area contributed by atoms with Crippen molar-refractivity contribution >= 4 is 10.0 Å². The van der Waals surface area contributed by atoms with E-state index >= 15 is 0 Å². The number of aliphatic hydroxyl groups is 1. The van der Waals surface area contributed by atoms with E-state index in [1.165, 1.54) is 0 Å². The van der Waals surface area contributed by atoms with E-state index in [2.05, 4.69) is 15.0 Å². The summed E-state index contributed by atoms with van der Waals surface area (Å²) in [6, 6.07) is 13.6. The zero-order valence-electron chi connectivity index (χ0n) is 17.5. The topological polar surface area (TPSA) is 106 Å². The van der Waals surface area contributed by atoms with Crippen LogP contribution in [0.25, 0.3) is 11.3 Å². The molecule has 1 saturated carbocycles. The van der Waals surface area contributed by atoms with Crippen molar-refractivity contribution in [1.82, 2.24) is 19.7 Å². The number of rotatable bonds is 7. The normalized spacial score (nSPS) is 21.3. The minimum absolute atomic E-state index is 0.000701. The Balaban J connectivity index is 1.57. The second-order valence-electron chi connectivity index (χ2n) is 7.94. The Morgan fingerprint density at radius 1 is 1.13 bits per heavy atom. The first kappa shape index (κ1) is 21.5. The van der Waals surface area contributed by atoms with Crippen LogP contribution in [0, 0.1) is 12.8 Å². The number of sulfonamides is 1. The number of nitrogens with zero attached hydrogens (tertiary/aromatic N) is 3. The van der Waals surface area contributed by atoms with Crippen molar-refractivity contribution in [1.29, 1.82) is 0 Å². The highest BCUT2D eigenvalue weighted by Gasteiger charge is 2.38. The molecule has 31 heavy (non-hydrogen) atoms. The lowest BCUT2D eigenvalue weighted by atomic mass is 10.1. The number of benzene rings is 2. The van der Waals surface area contributed by atoms with E-state index in [1.807, 2.05) is 37.4 Å². The maximum Gasteiger partial charge on any atom is 0.240 e. The van der Waals surface area contributed by atoms with Gasteiger partial charge in [0.15, 0.2) is 0 Å². The molecule has 1 aliphatic carbocycles. The number of nitrogens with one attached hydrogen (secondary N) is 1. The average Bonchev–Trinajstić information content (AvgIpc) is 3.41. The highest BCUT2D eigenvalue weighted by atomic mass is 32.2. The maximum atomic E-state index is 12.9. The second-order valence-corrected chi connectivity index (χ2v) is 9.65. The molecule has 3 atom stereocenters. The predicted octanol–water partition coefficient (Wildman–Crippen LogP) is 2.55. The van der Waals surface area contributed by atoms with E-state index in [4.69, 9.17) is 4.74 Å². The Hall–Kier alpha value is -2.75. The van der Waals surface area contributed by atoms with Crippen molar-refractivity contribution in [3.8, 4) is 17.0 Å². The largest absolute Gasteiger partial charge is 0.497 e. The first-order chi connectivity index (χ1) is 14.9. The molecule has 1 heterocycles. The van der Waals surface area contributed by atoms with Crippen LogP contribution >= 0.6 is 0 Å². The summed E-state index contributed by atoms with van der Waals surface area (Å²) in [6.07, 6.45) is 2.96. The molecule has 0 bridgehead atoms. The summed E-state index contributed by atoms with van der Waals surface area (Å²) in [5, 5.41) is 18.2. The van der Waals surface area contributed by atoms with Crippen LogP contribution in [0.5, 0.6) is 5.75 Å². The van der Waals surface area contributed by atoms with E-state index in [0.717, 1.165) is 16.9 Å². The number of ether oxygens (including phenoxy) is 1. The van der Waals surface area contributed by atoms with Gasteiger partial charge in [-0.3, -0.25) is 0 Å². The van der Waals surface area contributed by atoms with Crippen molar-refractivity contribution in [2.45, 2.75) is 36.7 Å². The number of aliphatic hydroxyl groups excluding tert-OH is 1. The first-order valence-corrected chi connectivity index (χ1v) is 11.6. The van der Waals surface area contributed by atoms with Gasteiger partial charge in [0.2, 0.25) is 10.0 Å². The third-order valence-corrected chi connectivity index (χ3v) is 7.26. The monoisotopic (exact) mass is 442 g/mol. The second kappa shape index (κ2) is 8.78. The van der Waals surface area contributed by atoms with Crippen LogP contribution in [0.15, 0.2) is 59.6 Å². The first-order valence-electron chi connectivity index (χ1n) is 10.2. The van der Waals surface area contributed by atoms with Crippen LogP contribution in [0.2, 0.25) is 0 Å². The molecule has 2 aromatic carbocycles. The molecule has 0 aliphatic heterocycles. The van der Waals surface area contributed by atoms with E-state index in [1.54, 1.807) is 36.1 Å². The van der Waals surface area contributed by atoms with E-state index in [9.17, 15) is 13.5 Å². The summed E-state index contributed by atoms with van der Waals surface area (Å²) in [5.74, 6) is 0.743. The Bertz CT molecular complexity index is 1130. The van der Waals surface area contributed by atoms with E-state index in [0.29, 0.717) is 18.5 Å². The number of aryl methyl sites for hydroxylation is 1. The van der Waals surface area contributed by atoms with Crippen LogP contribution in [-0.2, 0) is 10.0 Å². The molecule has 1 aliphatic rings. The molecular weight excluding hydrogens is 416 g/mol. The zero-order valence-corrected chi connectivity index (χ0v) is 18.3. The predicted molar refractivity (Wildman–Crippen MR) is 116 cm³/mol. The summed E-state index contributed by atoms with van der Waals surface area (Å²) in [4.78, 5) is 0.224. The molecule has 164 valence electrons. The third kappa shape index (κ3) is 4.63. The van der Waals surface area contributed by atoms with Gasteiger partial charge < -0.3 is 9.84 Å². The van der Waals surface area contributed by atoms with Gasteiger partial charge in [0.25, 0.3) is 0 Å². The van der Waals surface area contributed by atoms with Gasteiger partial charge in [-0.05, 0) is 62.1 Å².